The van der Waals surface area contributed by atoms with Gasteiger partial charge in [-0.2, -0.15) is 18.3 Å². The highest BCUT2D eigenvalue weighted by atomic mass is 19.4. The Hall–Kier alpha value is -1.63. The summed E-state index contributed by atoms with van der Waals surface area (Å²) in [5, 5.41) is 8.34. The molecule has 0 aromatic carbocycles. The molecule has 1 aliphatic heterocycles. The van der Waals surface area contributed by atoms with Gasteiger partial charge < -0.3 is 5.32 Å². The van der Waals surface area contributed by atoms with E-state index in [1.165, 1.54) is 0 Å². The lowest BCUT2D eigenvalue weighted by Crippen LogP contribution is -2.41. The highest BCUT2D eigenvalue weighted by molar-refractivity contribution is 5.43. The van der Waals surface area contributed by atoms with Gasteiger partial charge in [0.25, 0.3) is 0 Å². The molecule has 1 aliphatic carbocycles. The van der Waals surface area contributed by atoms with E-state index in [0.29, 0.717) is 18.8 Å². The van der Waals surface area contributed by atoms with Crippen molar-refractivity contribution in [2.24, 2.45) is 11.3 Å². The van der Waals surface area contributed by atoms with Crippen molar-refractivity contribution in [3.05, 3.63) is 29.2 Å². The Bertz CT molecular complexity index is 847. The Morgan fingerprint density at radius 3 is 2.50 bits per heavy atom. The second-order valence-electron chi connectivity index (χ2n) is 9.25. The van der Waals surface area contributed by atoms with Crippen LogP contribution in [0.4, 0.5) is 13.2 Å². The third kappa shape index (κ3) is 3.65. The Morgan fingerprint density at radius 2 is 1.86 bits per heavy atom. The van der Waals surface area contributed by atoms with Gasteiger partial charge in [0.2, 0.25) is 0 Å². The largest absolute Gasteiger partial charge is 0.391 e. The Balaban J connectivity index is 1.65. The van der Waals surface area contributed by atoms with Crippen molar-refractivity contribution in [3.63, 3.8) is 0 Å². The Labute approximate surface area is 163 Å². The first-order valence-corrected chi connectivity index (χ1v) is 10.3. The van der Waals surface area contributed by atoms with Gasteiger partial charge >= 0.3 is 6.18 Å². The molecule has 2 fully saturated rings. The summed E-state index contributed by atoms with van der Waals surface area (Å²) in [4.78, 5) is 4.65. The maximum absolute atomic E-state index is 13.0. The van der Waals surface area contributed by atoms with E-state index in [4.69, 9.17) is 5.10 Å². The van der Waals surface area contributed by atoms with Crippen LogP contribution in [-0.4, -0.2) is 33.9 Å². The summed E-state index contributed by atoms with van der Waals surface area (Å²) < 4.78 is 40.9. The van der Waals surface area contributed by atoms with Gasteiger partial charge in [0.1, 0.15) is 0 Å². The molecule has 28 heavy (non-hydrogen) atoms. The van der Waals surface area contributed by atoms with Gasteiger partial charge in [0.05, 0.1) is 17.3 Å². The fourth-order valence-corrected chi connectivity index (χ4v) is 4.92. The molecule has 4 rings (SSSR count). The zero-order valence-electron chi connectivity index (χ0n) is 16.8. The van der Waals surface area contributed by atoms with Crippen LogP contribution in [0, 0.1) is 18.3 Å². The topological polar surface area (TPSA) is 42.2 Å². The van der Waals surface area contributed by atoms with Crippen LogP contribution in [-0.2, 0) is 0 Å². The fourth-order valence-electron chi connectivity index (χ4n) is 4.92. The standard InChI is InChI=1S/C21H29F3N4/c1-13-10-18(16-12-25-9-8-20(16,2)3)28-19(26-13)11-17(27-28)14-4-6-15(7-5-14)21(22,23)24/h10-11,14-16,25H,4-9,12H2,1-3H3/t14-,15-,16?. The van der Waals surface area contributed by atoms with E-state index in [9.17, 15) is 13.2 Å². The Morgan fingerprint density at radius 1 is 1.14 bits per heavy atom. The molecule has 0 bridgehead atoms. The van der Waals surface area contributed by atoms with Gasteiger partial charge in [0.15, 0.2) is 5.65 Å². The molecule has 154 valence electrons. The molecular formula is C21H29F3N4. The van der Waals surface area contributed by atoms with Gasteiger partial charge in [-0.3, -0.25) is 0 Å². The lowest BCUT2D eigenvalue weighted by molar-refractivity contribution is -0.182. The summed E-state index contributed by atoms with van der Waals surface area (Å²) in [5.41, 5.74) is 3.96. The molecule has 1 unspecified atom stereocenters. The molecule has 0 spiro atoms. The lowest BCUT2D eigenvalue weighted by Gasteiger charge is -2.39. The average Bonchev–Trinajstić information content (AvgIpc) is 3.04. The van der Waals surface area contributed by atoms with Crippen LogP contribution in [0.1, 0.15) is 74.9 Å². The molecule has 7 heteroatoms. The summed E-state index contributed by atoms with van der Waals surface area (Å²) in [6.45, 7) is 8.50. The number of fused-ring (bicyclic) bond motifs is 1. The number of hydrogen-bond donors (Lipinski definition) is 1. The van der Waals surface area contributed by atoms with Crippen LogP contribution < -0.4 is 5.32 Å². The van der Waals surface area contributed by atoms with Crippen LogP contribution in [0.3, 0.4) is 0 Å². The van der Waals surface area contributed by atoms with Gasteiger partial charge in [-0.1, -0.05) is 13.8 Å². The normalized spacial score (nSPS) is 28.6. The van der Waals surface area contributed by atoms with E-state index in [2.05, 4.69) is 30.2 Å². The van der Waals surface area contributed by atoms with Crippen molar-refractivity contribution >= 4 is 5.65 Å². The van der Waals surface area contributed by atoms with Crippen molar-refractivity contribution in [1.29, 1.82) is 0 Å². The average molecular weight is 394 g/mol. The fraction of sp³-hybridized carbons (Fsp3) is 0.714. The monoisotopic (exact) mass is 394 g/mol. The van der Waals surface area contributed by atoms with Crippen LogP contribution in [0.5, 0.6) is 0 Å². The third-order valence-corrected chi connectivity index (χ3v) is 6.80. The van der Waals surface area contributed by atoms with Gasteiger partial charge in [-0.15, -0.1) is 0 Å². The van der Waals surface area contributed by atoms with Crippen LogP contribution in [0.25, 0.3) is 5.65 Å². The van der Waals surface area contributed by atoms with Crippen molar-refractivity contribution in [2.45, 2.75) is 70.9 Å². The predicted molar refractivity (Wildman–Crippen MR) is 102 cm³/mol. The second-order valence-corrected chi connectivity index (χ2v) is 9.25. The number of rotatable bonds is 2. The molecule has 4 nitrogen and oxygen atoms in total. The van der Waals surface area contributed by atoms with E-state index < -0.39 is 12.1 Å². The zero-order valence-corrected chi connectivity index (χ0v) is 16.8. The SMILES string of the molecule is Cc1cc(C2CNCCC2(C)C)n2nc([C@H]3CC[C@H](C(F)(F)F)CC3)cc2n1. The first-order chi connectivity index (χ1) is 13.1. The van der Waals surface area contributed by atoms with E-state index in [1.54, 1.807) is 0 Å². The van der Waals surface area contributed by atoms with E-state index in [0.717, 1.165) is 42.2 Å². The quantitative estimate of drug-likeness (QED) is 0.781. The molecule has 2 aromatic rings. The number of halogens is 3. The van der Waals surface area contributed by atoms with Crippen LogP contribution >= 0.6 is 0 Å². The van der Waals surface area contributed by atoms with Crippen molar-refractivity contribution in [1.82, 2.24) is 19.9 Å². The molecule has 0 radical (unpaired) electrons. The summed E-state index contributed by atoms with van der Waals surface area (Å²) in [7, 11) is 0. The highest BCUT2D eigenvalue weighted by Gasteiger charge is 2.42. The summed E-state index contributed by atoms with van der Waals surface area (Å²) >= 11 is 0. The lowest BCUT2D eigenvalue weighted by atomic mass is 9.72. The maximum Gasteiger partial charge on any atom is 0.391 e. The number of nitrogens with one attached hydrogen (secondary N) is 1. The number of aryl methyl sites for hydroxylation is 1. The molecule has 1 N–H and O–H groups in total. The van der Waals surface area contributed by atoms with Crippen LogP contribution in [0.2, 0.25) is 0 Å². The first-order valence-electron chi connectivity index (χ1n) is 10.3. The molecule has 1 saturated carbocycles. The maximum atomic E-state index is 13.0. The third-order valence-electron chi connectivity index (χ3n) is 6.80. The second kappa shape index (κ2) is 7.01. The molecule has 2 aromatic heterocycles. The number of piperidine rings is 1. The Kier molecular flexibility index (Phi) is 4.92. The van der Waals surface area contributed by atoms with Crippen molar-refractivity contribution < 1.29 is 13.2 Å². The van der Waals surface area contributed by atoms with Gasteiger partial charge in [-0.25, -0.2) is 9.50 Å². The van der Waals surface area contributed by atoms with E-state index in [-0.39, 0.29) is 24.2 Å². The number of nitrogens with zero attached hydrogens (tertiary/aromatic N) is 3. The first kappa shape index (κ1) is 19.7. The molecule has 0 amide bonds. The molecular weight excluding hydrogens is 365 g/mol. The minimum atomic E-state index is -4.07. The van der Waals surface area contributed by atoms with Gasteiger partial charge in [-0.05, 0) is 57.1 Å². The van der Waals surface area contributed by atoms with E-state index >= 15 is 0 Å². The molecule has 2 aliphatic rings. The minimum Gasteiger partial charge on any atom is -0.316 e. The number of alkyl halides is 3. The number of hydrogen-bond acceptors (Lipinski definition) is 3. The van der Waals surface area contributed by atoms with E-state index in [1.807, 2.05) is 17.5 Å². The smallest absolute Gasteiger partial charge is 0.316 e. The minimum absolute atomic E-state index is 0.0888. The van der Waals surface area contributed by atoms with Crippen LogP contribution in [0.15, 0.2) is 12.1 Å². The highest BCUT2D eigenvalue weighted by Crippen LogP contribution is 2.43. The predicted octanol–water partition coefficient (Wildman–Crippen LogP) is 4.98. The van der Waals surface area contributed by atoms with Crippen molar-refractivity contribution in [3.8, 4) is 0 Å². The number of aromatic nitrogens is 3. The molecule has 3 heterocycles. The van der Waals surface area contributed by atoms with Gasteiger partial charge in [0, 0.05) is 30.1 Å². The summed E-state index contributed by atoms with van der Waals surface area (Å²) in [6.07, 6.45) is -1.51. The molecule has 1 atom stereocenters. The van der Waals surface area contributed by atoms with Crippen molar-refractivity contribution in [2.75, 3.05) is 13.1 Å². The molecule has 1 saturated heterocycles. The summed E-state index contributed by atoms with van der Waals surface area (Å²) in [5.74, 6) is -0.754. The summed E-state index contributed by atoms with van der Waals surface area (Å²) in [6, 6.07) is 4.10. The zero-order chi connectivity index (χ0) is 20.1.